The molecule has 4 atom stereocenters. The molecule has 2 aromatic carbocycles. The molecular weight excluding hydrogens is 312 g/mol. The lowest BCUT2D eigenvalue weighted by atomic mass is 9.76. The number of anilines is 1. The van der Waals surface area contributed by atoms with Crippen molar-refractivity contribution in [2.24, 2.45) is 5.92 Å². The standard InChI is InChI=1S/C19H19F2NO2/c20-14-8-9-15(21)18-16(14)19-13(7-6-12(10-23)24-19)17(22-18)11-4-2-1-3-5-11/h1-5,8-9,12-13,17,19,22-23H,6-7,10H2. The van der Waals surface area contributed by atoms with Crippen LogP contribution in [-0.2, 0) is 4.74 Å². The van der Waals surface area contributed by atoms with Crippen molar-refractivity contribution in [3.05, 3.63) is 65.2 Å². The van der Waals surface area contributed by atoms with E-state index >= 15 is 0 Å². The lowest BCUT2D eigenvalue weighted by Crippen LogP contribution is -2.40. The molecule has 0 aromatic heterocycles. The number of fused-ring (bicyclic) bond motifs is 3. The summed E-state index contributed by atoms with van der Waals surface area (Å²) in [6.07, 6.45) is 0.580. The van der Waals surface area contributed by atoms with E-state index in [-0.39, 0.29) is 35.9 Å². The van der Waals surface area contributed by atoms with Crippen molar-refractivity contribution in [1.29, 1.82) is 0 Å². The van der Waals surface area contributed by atoms with Crippen LogP contribution in [0.15, 0.2) is 42.5 Å². The van der Waals surface area contributed by atoms with Crippen molar-refractivity contribution in [3.63, 3.8) is 0 Å². The molecule has 0 bridgehead atoms. The van der Waals surface area contributed by atoms with Gasteiger partial charge >= 0.3 is 0 Å². The van der Waals surface area contributed by atoms with E-state index < -0.39 is 17.7 Å². The molecule has 1 saturated heterocycles. The molecule has 5 heteroatoms. The van der Waals surface area contributed by atoms with Crippen molar-refractivity contribution >= 4 is 5.69 Å². The minimum Gasteiger partial charge on any atom is -0.394 e. The van der Waals surface area contributed by atoms with Gasteiger partial charge in [0.15, 0.2) is 0 Å². The molecule has 2 heterocycles. The van der Waals surface area contributed by atoms with Crippen LogP contribution in [0.3, 0.4) is 0 Å². The predicted octanol–water partition coefficient (Wildman–Crippen LogP) is 3.96. The summed E-state index contributed by atoms with van der Waals surface area (Å²) >= 11 is 0. The molecule has 2 aliphatic rings. The monoisotopic (exact) mass is 331 g/mol. The summed E-state index contributed by atoms with van der Waals surface area (Å²) in [6.45, 7) is -0.112. The zero-order valence-electron chi connectivity index (χ0n) is 13.1. The lowest BCUT2D eigenvalue weighted by Gasteiger charge is -2.45. The van der Waals surface area contributed by atoms with Gasteiger partial charge in [-0.15, -0.1) is 0 Å². The molecule has 2 aromatic rings. The largest absolute Gasteiger partial charge is 0.394 e. The Labute approximate surface area is 139 Å². The van der Waals surface area contributed by atoms with Crippen molar-refractivity contribution in [3.8, 4) is 0 Å². The first-order valence-electron chi connectivity index (χ1n) is 8.24. The molecule has 4 rings (SSSR count). The Morgan fingerprint density at radius 3 is 2.54 bits per heavy atom. The molecule has 126 valence electrons. The number of ether oxygens (including phenoxy) is 1. The van der Waals surface area contributed by atoms with E-state index in [2.05, 4.69) is 5.32 Å². The number of hydrogen-bond donors (Lipinski definition) is 2. The average molecular weight is 331 g/mol. The number of hydrogen-bond acceptors (Lipinski definition) is 3. The van der Waals surface area contributed by atoms with Gasteiger partial charge in [0, 0.05) is 11.5 Å². The Bertz CT molecular complexity index is 738. The Hall–Kier alpha value is -1.98. The summed E-state index contributed by atoms with van der Waals surface area (Å²) in [5.74, 6) is -0.974. The van der Waals surface area contributed by atoms with E-state index in [4.69, 9.17) is 4.74 Å². The fourth-order valence-corrected chi connectivity index (χ4v) is 3.91. The summed E-state index contributed by atoms with van der Waals surface area (Å²) in [5, 5.41) is 12.6. The van der Waals surface area contributed by atoms with Crippen LogP contribution in [0.1, 0.15) is 36.1 Å². The highest BCUT2D eigenvalue weighted by Gasteiger charge is 2.44. The number of aliphatic hydroxyl groups is 1. The van der Waals surface area contributed by atoms with E-state index in [9.17, 15) is 13.9 Å². The van der Waals surface area contributed by atoms with Crippen molar-refractivity contribution in [2.75, 3.05) is 11.9 Å². The fourth-order valence-electron chi connectivity index (χ4n) is 3.91. The van der Waals surface area contributed by atoms with Gasteiger partial charge in [0.1, 0.15) is 11.6 Å². The third-order valence-electron chi connectivity index (χ3n) is 5.07. The van der Waals surface area contributed by atoms with Gasteiger partial charge in [-0.05, 0) is 30.5 Å². The van der Waals surface area contributed by atoms with Crippen LogP contribution >= 0.6 is 0 Å². The van der Waals surface area contributed by atoms with E-state index in [1.54, 1.807) is 0 Å². The third kappa shape index (κ3) is 2.48. The van der Waals surface area contributed by atoms with Crippen LogP contribution < -0.4 is 5.32 Å². The first kappa shape index (κ1) is 15.5. The molecule has 24 heavy (non-hydrogen) atoms. The highest BCUT2D eigenvalue weighted by molar-refractivity contribution is 5.58. The quantitative estimate of drug-likeness (QED) is 0.875. The zero-order valence-corrected chi connectivity index (χ0v) is 13.1. The summed E-state index contributed by atoms with van der Waals surface area (Å²) in [4.78, 5) is 0. The predicted molar refractivity (Wildman–Crippen MR) is 86.6 cm³/mol. The Morgan fingerprint density at radius 1 is 1.04 bits per heavy atom. The molecule has 0 spiro atoms. The normalized spacial score (nSPS) is 28.6. The average Bonchev–Trinajstić information content (AvgIpc) is 2.64. The van der Waals surface area contributed by atoms with E-state index in [0.717, 1.165) is 24.1 Å². The van der Waals surface area contributed by atoms with Crippen LogP contribution in [0.4, 0.5) is 14.5 Å². The Kier molecular flexibility index (Phi) is 3.98. The highest BCUT2D eigenvalue weighted by atomic mass is 19.1. The van der Waals surface area contributed by atoms with Crippen molar-refractivity contribution in [1.82, 2.24) is 0 Å². The molecule has 0 aliphatic carbocycles. The maximum atomic E-state index is 14.4. The van der Waals surface area contributed by atoms with Gasteiger partial charge in [-0.25, -0.2) is 8.78 Å². The molecule has 0 radical (unpaired) electrons. The summed E-state index contributed by atoms with van der Waals surface area (Å²) in [6, 6.07) is 11.9. The van der Waals surface area contributed by atoms with Gasteiger partial charge in [-0.1, -0.05) is 30.3 Å². The Balaban J connectivity index is 1.82. The zero-order chi connectivity index (χ0) is 16.7. The van der Waals surface area contributed by atoms with Crippen molar-refractivity contribution < 1.29 is 18.6 Å². The minimum absolute atomic E-state index is 0.0148. The lowest BCUT2D eigenvalue weighted by molar-refractivity contribution is -0.111. The van der Waals surface area contributed by atoms with Crippen molar-refractivity contribution in [2.45, 2.75) is 31.1 Å². The Morgan fingerprint density at radius 2 is 1.79 bits per heavy atom. The molecule has 4 unspecified atom stereocenters. The summed E-state index contributed by atoms with van der Waals surface area (Å²) in [5.41, 5.74) is 1.43. The van der Waals surface area contributed by atoms with Crippen LogP contribution in [0, 0.1) is 17.6 Å². The van der Waals surface area contributed by atoms with E-state index in [0.29, 0.717) is 6.42 Å². The second-order valence-corrected chi connectivity index (χ2v) is 6.45. The van der Waals surface area contributed by atoms with Gasteiger partial charge in [-0.3, -0.25) is 0 Å². The molecule has 3 nitrogen and oxygen atoms in total. The molecule has 2 N–H and O–H groups in total. The number of rotatable bonds is 2. The number of aliphatic hydroxyl groups excluding tert-OH is 1. The van der Waals surface area contributed by atoms with Gasteiger partial charge in [0.2, 0.25) is 0 Å². The topological polar surface area (TPSA) is 41.5 Å². The van der Waals surface area contributed by atoms with Crippen LogP contribution in [-0.4, -0.2) is 17.8 Å². The molecular formula is C19H19F2NO2. The summed E-state index contributed by atoms with van der Waals surface area (Å²) in [7, 11) is 0. The van der Waals surface area contributed by atoms with Crippen LogP contribution in [0.2, 0.25) is 0 Å². The first-order chi connectivity index (χ1) is 11.7. The smallest absolute Gasteiger partial charge is 0.146 e. The van der Waals surface area contributed by atoms with E-state index in [1.165, 1.54) is 0 Å². The van der Waals surface area contributed by atoms with Crippen LogP contribution in [0.5, 0.6) is 0 Å². The van der Waals surface area contributed by atoms with Gasteiger partial charge < -0.3 is 15.2 Å². The molecule has 2 aliphatic heterocycles. The second-order valence-electron chi connectivity index (χ2n) is 6.45. The fraction of sp³-hybridized carbons (Fsp3) is 0.368. The molecule has 1 fully saturated rings. The first-order valence-corrected chi connectivity index (χ1v) is 8.24. The van der Waals surface area contributed by atoms with Gasteiger partial charge in [0.05, 0.1) is 30.5 Å². The number of halogens is 2. The number of nitrogens with one attached hydrogen (secondary N) is 1. The molecule has 0 saturated carbocycles. The maximum absolute atomic E-state index is 14.4. The van der Waals surface area contributed by atoms with E-state index in [1.807, 2.05) is 30.3 Å². The van der Waals surface area contributed by atoms with Gasteiger partial charge in [0.25, 0.3) is 0 Å². The van der Waals surface area contributed by atoms with Gasteiger partial charge in [-0.2, -0.15) is 0 Å². The van der Waals surface area contributed by atoms with Crippen LogP contribution in [0.25, 0.3) is 0 Å². The summed E-state index contributed by atoms with van der Waals surface area (Å²) < 4.78 is 34.7. The second kappa shape index (κ2) is 6.15. The SMILES string of the molecule is OCC1CCC2C(c3ccccc3)Nc3c(F)ccc(F)c3C2O1. The highest BCUT2D eigenvalue weighted by Crippen LogP contribution is 2.51. The molecule has 0 amide bonds. The number of benzene rings is 2. The minimum atomic E-state index is -0.562. The third-order valence-corrected chi connectivity index (χ3v) is 5.07. The maximum Gasteiger partial charge on any atom is 0.146 e.